The predicted octanol–water partition coefficient (Wildman–Crippen LogP) is 2.83. The third-order valence-corrected chi connectivity index (χ3v) is 4.84. The van der Waals surface area contributed by atoms with Gasteiger partial charge in [0.1, 0.15) is 0 Å². The summed E-state index contributed by atoms with van der Waals surface area (Å²) in [5.74, 6) is 0.258. The molecule has 2 N–H and O–H groups in total. The van der Waals surface area contributed by atoms with E-state index in [4.69, 9.17) is 0 Å². The molecule has 0 fully saturated rings. The fourth-order valence-electron chi connectivity index (χ4n) is 1.56. The minimum absolute atomic E-state index is 0.208. The molecule has 1 aromatic heterocycles. The van der Waals surface area contributed by atoms with E-state index in [9.17, 15) is 9.59 Å². The molecule has 6 heteroatoms. The zero-order valence-corrected chi connectivity index (χ0v) is 13.2. The van der Waals surface area contributed by atoms with Gasteiger partial charge in [0.05, 0.1) is 10.1 Å². The number of carbonyl (C=O) groups excluding carboxylic acids is 2. The van der Waals surface area contributed by atoms with E-state index < -0.39 is 0 Å². The van der Waals surface area contributed by atoms with Crippen LogP contribution in [0.25, 0.3) is 0 Å². The molecule has 0 bridgehead atoms. The molecular formula is C15H16N2O2S2. The van der Waals surface area contributed by atoms with E-state index in [-0.39, 0.29) is 17.1 Å². The highest BCUT2D eigenvalue weighted by atomic mass is 32.2. The Morgan fingerprint density at radius 1 is 1.14 bits per heavy atom. The van der Waals surface area contributed by atoms with Crippen LogP contribution in [0.15, 0.2) is 47.8 Å². The summed E-state index contributed by atoms with van der Waals surface area (Å²) in [5.41, 5.74) is 6.05. The van der Waals surface area contributed by atoms with Gasteiger partial charge in [-0.1, -0.05) is 36.4 Å². The van der Waals surface area contributed by atoms with Gasteiger partial charge in [-0.2, -0.15) is 0 Å². The second kappa shape index (κ2) is 7.85. The van der Waals surface area contributed by atoms with Crippen LogP contribution in [0.1, 0.15) is 22.2 Å². The Morgan fingerprint density at radius 3 is 2.57 bits per heavy atom. The topological polar surface area (TPSA) is 58.2 Å². The maximum Gasteiger partial charge on any atom is 0.279 e. The quantitative estimate of drug-likeness (QED) is 0.833. The second-order valence-corrected chi connectivity index (χ2v) is 6.64. The van der Waals surface area contributed by atoms with Crippen LogP contribution >= 0.6 is 23.1 Å². The molecule has 0 unspecified atom stereocenters. The summed E-state index contributed by atoms with van der Waals surface area (Å²) < 4.78 is 0. The third kappa shape index (κ3) is 4.91. The molecule has 0 saturated carbocycles. The summed E-state index contributed by atoms with van der Waals surface area (Å²) in [6.45, 7) is 1.82. The summed E-state index contributed by atoms with van der Waals surface area (Å²) >= 11 is 2.86. The van der Waals surface area contributed by atoms with E-state index in [0.717, 1.165) is 5.75 Å². The van der Waals surface area contributed by atoms with Gasteiger partial charge in [-0.15, -0.1) is 23.1 Å². The molecule has 0 saturated heterocycles. The maximum atomic E-state index is 11.9. The third-order valence-electron chi connectivity index (χ3n) is 2.76. The van der Waals surface area contributed by atoms with Gasteiger partial charge in [-0.05, 0) is 23.9 Å². The minimum Gasteiger partial charge on any atom is -0.272 e. The molecule has 1 atom stereocenters. The lowest BCUT2D eigenvalue weighted by Gasteiger charge is -2.12. The highest BCUT2D eigenvalue weighted by Gasteiger charge is 2.14. The second-order valence-electron chi connectivity index (χ2n) is 4.36. The zero-order valence-electron chi connectivity index (χ0n) is 11.5. The predicted molar refractivity (Wildman–Crippen MR) is 87.1 cm³/mol. The van der Waals surface area contributed by atoms with Crippen molar-refractivity contribution in [3.8, 4) is 0 Å². The number of hydrazine groups is 1. The highest BCUT2D eigenvalue weighted by Crippen LogP contribution is 2.17. The van der Waals surface area contributed by atoms with Crippen LogP contribution in [0.4, 0.5) is 0 Å². The van der Waals surface area contributed by atoms with E-state index in [1.807, 2.05) is 42.6 Å². The molecule has 0 aliphatic rings. The monoisotopic (exact) mass is 320 g/mol. The largest absolute Gasteiger partial charge is 0.279 e. The molecule has 0 radical (unpaired) electrons. The van der Waals surface area contributed by atoms with Crippen molar-refractivity contribution in [2.75, 3.05) is 0 Å². The van der Waals surface area contributed by atoms with E-state index in [1.165, 1.54) is 28.7 Å². The number of amides is 2. The van der Waals surface area contributed by atoms with E-state index in [1.54, 1.807) is 12.1 Å². The van der Waals surface area contributed by atoms with Crippen LogP contribution in [-0.4, -0.2) is 17.1 Å². The van der Waals surface area contributed by atoms with Gasteiger partial charge in [0.2, 0.25) is 0 Å². The van der Waals surface area contributed by atoms with Crippen LogP contribution in [0.5, 0.6) is 0 Å². The first kappa shape index (κ1) is 15.6. The van der Waals surface area contributed by atoms with Crippen LogP contribution in [0.3, 0.4) is 0 Å². The number of thioether (sulfide) groups is 1. The molecule has 4 nitrogen and oxygen atoms in total. The normalized spacial score (nSPS) is 11.7. The summed E-state index contributed by atoms with van der Waals surface area (Å²) in [4.78, 5) is 24.2. The van der Waals surface area contributed by atoms with Gasteiger partial charge in [-0.25, -0.2) is 0 Å². The van der Waals surface area contributed by atoms with E-state index >= 15 is 0 Å². The summed E-state index contributed by atoms with van der Waals surface area (Å²) in [7, 11) is 0. The molecule has 2 aromatic rings. The molecule has 2 rings (SSSR count). The van der Waals surface area contributed by atoms with Gasteiger partial charge in [0.15, 0.2) is 0 Å². The summed E-state index contributed by atoms with van der Waals surface area (Å²) in [6, 6.07) is 13.5. The van der Waals surface area contributed by atoms with E-state index in [0.29, 0.717) is 4.88 Å². The zero-order chi connectivity index (χ0) is 15.1. The average molecular weight is 320 g/mol. The number of nitrogens with one attached hydrogen (secondary N) is 2. The summed E-state index contributed by atoms with van der Waals surface area (Å²) in [5, 5.41) is 1.57. The number of benzene rings is 1. The fourth-order valence-corrected chi connectivity index (χ4v) is 3.02. The van der Waals surface area contributed by atoms with Crippen LogP contribution < -0.4 is 10.9 Å². The van der Waals surface area contributed by atoms with Gasteiger partial charge in [0.25, 0.3) is 11.8 Å². The van der Waals surface area contributed by atoms with Crippen molar-refractivity contribution >= 4 is 34.9 Å². The molecule has 2 amide bonds. The number of hydrogen-bond acceptors (Lipinski definition) is 4. The smallest absolute Gasteiger partial charge is 0.272 e. The summed E-state index contributed by atoms with van der Waals surface area (Å²) in [6.07, 6.45) is 0. The molecular weight excluding hydrogens is 304 g/mol. The lowest BCUT2D eigenvalue weighted by atomic mass is 10.2. The number of thiophene rings is 1. The lowest BCUT2D eigenvalue weighted by molar-refractivity contribution is -0.121. The number of carbonyl (C=O) groups is 2. The Labute approximate surface area is 131 Å². The Hall–Kier alpha value is -1.79. The number of hydrogen-bond donors (Lipinski definition) is 2. The van der Waals surface area contributed by atoms with Gasteiger partial charge in [0, 0.05) is 5.75 Å². The number of rotatable bonds is 5. The first-order valence-corrected chi connectivity index (χ1v) is 8.39. The van der Waals surface area contributed by atoms with Gasteiger partial charge >= 0.3 is 0 Å². The van der Waals surface area contributed by atoms with Crippen molar-refractivity contribution in [1.82, 2.24) is 10.9 Å². The lowest BCUT2D eigenvalue weighted by Crippen LogP contribution is -2.44. The Morgan fingerprint density at radius 2 is 1.90 bits per heavy atom. The molecule has 0 aliphatic carbocycles. The van der Waals surface area contributed by atoms with Gasteiger partial charge in [-0.3, -0.25) is 20.4 Å². The van der Waals surface area contributed by atoms with Crippen molar-refractivity contribution in [2.45, 2.75) is 17.9 Å². The van der Waals surface area contributed by atoms with Crippen molar-refractivity contribution in [1.29, 1.82) is 0 Å². The van der Waals surface area contributed by atoms with Crippen LogP contribution in [0.2, 0.25) is 0 Å². The first-order chi connectivity index (χ1) is 10.2. The maximum absolute atomic E-state index is 11.9. The van der Waals surface area contributed by atoms with Gasteiger partial charge < -0.3 is 0 Å². The molecule has 21 heavy (non-hydrogen) atoms. The highest BCUT2D eigenvalue weighted by molar-refractivity contribution is 7.99. The van der Waals surface area contributed by atoms with Crippen molar-refractivity contribution < 1.29 is 9.59 Å². The van der Waals surface area contributed by atoms with Crippen molar-refractivity contribution in [2.24, 2.45) is 0 Å². The molecule has 1 aromatic carbocycles. The fraction of sp³-hybridized carbons (Fsp3) is 0.200. The molecule has 110 valence electrons. The van der Waals surface area contributed by atoms with Crippen LogP contribution in [-0.2, 0) is 10.5 Å². The average Bonchev–Trinajstić information content (AvgIpc) is 3.05. The van der Waals surface area contributed by atoms with E-state index in [2.05, 4.69) is 10.9 Å². The molecule has 0 spiro atoms. The Bertz CT molecular complexity index is 585. The minimum atomic E-state index is -0.293. The standard InChI is InChI=1S/C15H16N2O2S2/c1-11(21-10-12-6-3-2-4-7-12)14(18)16-17-15(19)13-8-5-9-20-13/h2-9,11H,10H2,1H3,(H,16,18)(H,17,19)/t11-/m0/s1. The van der Waals surface area contributed by atoms with Crippen molar-refractivity contribution in [3.05, 3.63) is 58.3 Å². The molecule has 0 aliphatic heterocycles. The van der Waals surface area contributed by atoms with Crippen LogP contribution in [0, 0.1) is 0 Å². The Kier molecular flexibility index (Phi) is 5.83. The SMILES string of the molecule is C[C@H](SCc1ccccc1)C(=O)NNC(=O)c1cccs1. The Balaban J connectivity index is 1.74. The molecule has 1 heterocycles. The first-order valence-electron chi connectivity index (χ1n) is 6.46. The van der Waals surface area contributed by atoms with Crippen molar-refractivity contribution in [3.63, 3.8) is 0 Å².